The highest BCUT2D eigenvalue weighted by molar-refractivity contribution is 6.24. The number of H-pyrrole nitrogens is 1. The second-order valence-corrected chi connectivity index (χ2v) is 6.59. The van der Waals surface area contributed by atoms with Gasteiger partial charge in [-0.25, -0.2) is 5.10 Å². The second-order valence-electron chi connectivity index (χ2n) is 6.59. The van der Waals surface area contributed by atoms with E-state index in [4.69, 9.17) is 0 Å². The lowest BCUT2D eigenvalue weighted by molar-refractivity contribution is -0.385. The first-order chi connectivity index (χ1) is 14.8. The molecule has 4 rings (SSSR count). The molecular formula is C20H13N5O6. The summed E-state index contributed by atoms with van der Waals surface area (Å²) >= 11 is 0. The number of carbonyl (C=O) groups is 3. The summed E-state index contributed by atoms with van der Waals surface area (Å²) in [6.45, 7) is -0.607. The highest BCUT2D eigenvalue weighted by atomic mass is 16.6. The van der Waals surface area contributed by atoms with Gasteiger partial charge < -0.3 is 5.32 Å². The van der Waals surface area contributed by atoms with E-state index in [0.29, 0.717) is 21.8 Å². The van der Waals surface area contributed by atoms with Gasteiger partial charge in [0.25, 0.3) is 23.1 Å². The van der Waals surface area contributed by atoms with Gasteiger partial charge in [0.15, 0.2) is 0 Å². The van der Waals surface area contributed by atoms with E-state index in [0.717, 1.165) is 6.07 Å². The zero-order valence-electron chi connectivity index (χ0n) is 15.7. The monoisotopic (exact) mass is 419 g/mol. The van der Waals surface area contributed by atoms with Crippen molar-refractivity contribution in [3.63, 3.8) is 0 Å². The summed E-state index contributed by atoms with van der Waals surface area (Å²) in [5.41, 5.74) is 0.190. The molecule has 31 heavy (non-hydrogen) atoms. The Morgan fingerprint density at radius 3 is 2.55 bits per heavy atom. The van der Waals surface area contributed by atoms with Gasteiger partial charge in [-0.3, -0.25) is 34.2 Å². The zero-order valence-corrected chi connectivity index (χ0v) is 15.7. The predicted octanol–water partition coefficient (Wildman–Crippen LogP) is 1.58. The Hall–Kier alpha value is -4.67. The number of carbonyl (C=O) groups excluding carboxylic acids is 3. The molecule has 0 unspecified atom stereocenters. The first-order valence-electron chi connectivity index (χ1n) is 8.95. The van der Waals surface area contributed by atoms with Gasteiger partial charge in [0.2, 0.25) is 5.91 Å². The molecule has 154 valence electrons. The maximum absolute atomic E-state index is 12.6. The molecule has 11 heteroatoms. The Bertz CT molecular complexity index is 1290. The third-order valence-corrected chi connectivity index (χ3v) is 4.60. The normalized spacial score (nSPS) is 12.6. The van der Waals surface area contributed by atoms with Crippen LogP contribution in [-0.4, -0.2) is 44.3 Å². The molecule has 1 aliphatic heterocycles. The standard InChI is InChI=1S/C20H13N5O6/c26-16-8-7-14(22-23-16)11-3-1-4-12(9-11)21-17(27)10-24-19(28)13-5-2-6-15(25(30)31)18(13)20(24)29/h1-9H,10H2,(H,21,27)(H,23,26). The highest BCUT2D eigenvalue weighted by Crippen LogP contribution is 2.30. The van der Waals surface area contributed by atoms with Crippen molar-refractivity contribution in [1.82, 2.24) is 15.1 Å². The van der Waals surface area contributed by atoms with Gasteiger partial charge in [0.05, 0.1) is 16.2 Å². The van der Waals surface area contributed by atoms with Crippen LogP contribution in [0.3, 0.4) is 0 Å². The van der Waals surface area contributed by atoms with Crippen molar-refractivity contribution in [2.75, 3.05) is 11.9 Å². The number of nitro benzene ring substituents is 1. The first-order valence-corrected chi connectivity index (χ1v) is 8.95. The topological polar surface area (TPSA) is 155 Å². The van der Waals surface area contributed by atoms with E-state index in [1.54, 1.807) is 24.3 Å². The van der Waals surface area contributed by atoms with E-state index in [-0.39, 0.29) is 16.7 Å². The molecule has 11 nitrogen and oxygen atoms in total. The molecular weight excluding hydrogens is 406 g/mol. The van der Waals surface area contributed by atoms with Crippen molar-refractivity contribution < 1.29 is 19.3 Å². The number of imide groups is 1. The number of hydrogen-bond acceptors (Lipinski definition) is 7. The van der Waals surface area contributed by atoms with E-state index < -0.39 is 34.9 Å². The number of hydrogen-bond donors (Lipinski definition) is 2. The van der Waals surface area contributed by atoms with Crippen molar-refractivity contribution in [2.24, 2.45) is 0 Å². The molecule has 3 amide bonds. The van der Waals surface area contributed by atoms with Gasteiger partial charge in [-0.2, -0.15) is 5.10 Å². The number of benzene rings is 2. The van der Waals surface area contributed by atoms with Crippen molar-refractivity contribution in [3.8, 4) is 11.3 Å². The summed E-state index contributed by atoms with van der Waals surface area (Å²) in [5, 5.41) is 20.0. The van der Waals surface area contributed by atoms with Crippen molar-refractivity contribution in [3.05, 3.63) is 86.2 Å². The Morgan fingerprint density at radius 2 is 1.84 bits per heavy atom. The van der Waals surface area contributed by atoms with Crippen LogP contribution in [0.2, 0.25) is 0 Å². The fraction of sp³-hybridized carbons (Fsp3) is 0.0500. The van der Waals surface area contributed by atoms with Crippen LogP contribution in [0.1, 0.15) is 20.7 Å². The third-order valence-electron chi connectivity index (χ3n) is 4.60. The summed E-state index contributed by atoms with van der Waals surface area (Å²) in [7, 11) is 0. The average Bonchev–Trinajstić information content (AvgIpc) is 2.99. The Balaban J connectivity index is 1.52. The lowest BCUT2D eigenvalue weighted by Crippen LogP contribution is -2.37. The minimum Gasteiger partial charge on any atom is -0.325 e. The molecule has 3 aromatic rings. The molecule has 0 saturated carbocycles. The number of aromatic amines is 1. The van der Waals surface area contributed by atoms with Crippen LogP contribution in [0.15, 0.2) is 59.4 Å². The van der Waals surface area contributed by atoms with E-state index in [9.17, 15) is 29.3 Å². The van der Waals surface area contributed by atoms with Crippen LogP contribution in [-0.2, 0) is 4.79 Å². The quantitative estimate of drug-likeness (QED) is 0.361. The number of rotatable bonds is 5. The van der Waals surface area contributed by atoms with Crippen LogP contribution in [0.4, 0.5) is 11.4 Å². The number of aromatic nitrogens is 2. The van der Waals surface area contributed by atoms with Crippen LogP contribution < -0.4 is 10.9 Å². The maximum atomic E-state index is 12.6. The summed E-state index contributed by atoms with van der Waals surface area (Å²) < 4.78 is 0. The van der Waals surface area contributed by atoms with Gasteiger partial charge in [-0.1, -0.05) is 18.2 Å². The van der Waals surface area contributed by atoms with Crippen molar-refractivity contribution in [1.29, 1.82) is 0 Å². The first kappa shape index (κ1) is 19.6. The number of amides is 3. The number of fused-ring (bicyclic) bond motifs is 1. The molecule has 1 aliphatic rings. The molecule has 0 radical (unpaired) electrons. The van der Waals surface area contributed by atoms with E-state index in [2.05, 4.69) is 15.5 Å². The minimum absolute atomic E-state index is 0.113. The maximum Gasteiger partial charge on any atom is 0.282 e. The molecule has 0 atom stereocenters. The number of anilines is 1. The molecule has 2 N–H and O–H groups in total. The second kappa shape index (κ2) is 7.63. The van der Waals surface area contributed by atoms with Gasteiger partial charge in [0.1, 0.15) is 12.1 Å². The van der Waals surface area contributed by atoms with E-state index in [1.807, 2.05) is 0 Å². The molecule has 0 saturated heterocycles. The Kier molecular flexibility index (Phi) is 4.83. The van der Waals surface area contributed by atoms with E-state index >= 15 is 0 Å². The van der Waals surface area contributed by atoms with Crippen LogP contribution in [0.25, 0.3) is 11.3 Å². The predicted molar refractivity (Wildman–Crippen MR) is 107 cm³/mol. The van der Waals surface area contributed by atoms with Crippen LogP contribution >= 0.6 is 0 Å². The largest absolute Gasteiger partial charge is 0.325 e. The lowest BCUT2D eigenvalue weighted by Gasteiger charge is -2.14. The fourth-order valence-corrected chi connectivity index (χ4v) is 3.22. The van der Waals surface area contributed by atoms with Crippen molar-refractivity contribution >= 4 is 29.1 Å². The molecule has 0 spiro atoms. The summed E-state index contributed by atoms with van der Waals surface area (Å²) in [4.78, 5) is 59.8. The third kappa shape index (κ3) is 3.67. The average molecular weight is 419 g/mol. The molecule has 0 aliphatic carbocycles. The summed E-state index contributed by atoms with van der Waals surface area (Å²) in [5.74, 6) is -2.33. The molecule has 0 fully saturated rings. The highest BCUT2D eigenvalue weighted by Gasteiger charge is 2.41. The SMILES string of the molecule is O=C(CN1C(=O)c2cccc([N+](=O)[O-])c2C1=O)Nc1cccc(-c2ccc(=O)[nH]n2)c1. The van der Waals surface area contributed by atoms with Gasteiger partial charge in [-0.15, -0.1) is 0 Å². The fourth-order valence-electron chi connectivity index (χ4n) is 3.22. The van der Waals surface area contributed by atoms with Gasteiger partial charge in [0, 0.05) is 23.4 Å². The summed E-state index contributed by atoms with van der Waals surface area (Å²) in [6.07, 6.45) is 0. The van der Waals surface area contributed by atoms with Crippen LogP contribution in [0.5, 0.6) is 0 Å². The molecule has 2 heterocycles. The Morgan fingerprint density at radius 1 is 1.06 bits per heavy atom. The molecule has 2 aromatic carbocycles. The number of nitrogens with one attached hydrogen (secondary N) is 2. The summed E-state index contributed by atoms with van der Waals surface area (Å²) in [6, 6.07) is 13.2. The lowest BCUT2D eigenvalue weighted by atomic mass is 10.1. The smallest absolute Gasteiger partial charge is 0.282 e. The van der Waals surface area contributed by atoms with Gasteiger partial charge >= 0.3 is 0 Å². The number of nitro groups is 1. The van der Waals surface area contributed by atoms with Gasteiger partial charge in [-0.05, 0) is 24.3 Å². The van der Waals surface area contributed by atoms with Crippen molar-refractivity contribution in [2.45, 2.75) is 0 Å². The number of nitrogens with zero attached hydrogens (tertiary/aromatic N) is 3. The van der Waals surface area contributed by atoms with Crippen LogP contribution in [0, 0.1) is 10.1 Å². The molecule has 0 bridgehead atoms. The zero-order chi connectivity index (χ0) is 22.1. The van der Waals surface area contributed by atoms with E-state index in [1.165, 1.54) is 24.3 Å². The molecule has 1 aromatic heterocycles. The minimum atomic E-state index is -0.895. The Labute approximate surface area is 173 Å².